The normalized spacial score (nSPS) is 42.8. The monoisotopic (exact) mass is 164 g/mol. The van der Waals surface area contributed by atoms with E-state index >= 15 is 0 Å². The fourth-order valence-corrected chi connectivity index (χ4v) is 1.90. The Balaban J connectivity index is 2.71. The Morgan fingerprint density at radius 3 is 2.27 bits per heavy atom. The smallest absolute Gasteiger partial charge is 0.251 e. The average molecular weight is 164 g/mol. The molecule has 2 unspecified atom stereocenters. The van der Waals surface area contributed by atoms with Crippen molar-refractivity contribution in [1.29, 1.82) is 0 Å². The van der Waals surface area contributed by atoms with E-state index in [-0.39, 0.29) is 18.8 Å². The Morgan fingerprint density at radius 2 is 2.09 bits per heavy atom. The predicted molar refractivity (Wildman–Crippen MR) is 38.6 cm³/mol. The van der Waals surface area contributed by atoms with Gasteiger partial charge < -0.3 is 5.11 Å². The molecule has 0 radical (unpaired) electrons. The molecule has 2 atom stereocenters. The van der Waals surface area contributed by atoms with Crippen molar-refractivity contribution in [3.05, 3.63) is 0 Å². The highest BCUT2D eigenvalue weighted by Gasteiger charge is 2.51. The molecule has 0 aromatic carbocycles. The number of rotatable bonds is 1. The topological polar surface area (TPSA) is 20.2 Å². The lowest BCUT2D eigenvalue weighted by Crippen LogP contribution is -2.28. The lowest BCUT2D eigenvalue weighted by Gasteiger charge is -2.22. The highest BCUT2D eigenvalue weighted by Crippen LogP contribution is 2.46. The predicted octanol–water partition coefficient (Wildman–Crippen LogP) is 2.19. The molecule has 0 heterocycles. The number of alkyl halides is 2. The maximum atomic E-state index is 12.7. The van der Waals surface area contributed by atoms with Crippen LogP contribution in [0.15, 0.2) is 0 Å². The van der Waals surface area contributed by atoms with Crippen LogP contribution < -0.4 is 0 Å². The minimum Gasteiger partial charge on any atom is -0.390 e. The van der Waals surface area contributed by atoms with Gasteiger partial charge in [0, 0.05) is 12.8 Å². The summed E-state index contributed by atoms with van der Waals surface area (Å²) in [4.78, 5) is 0. The van der Waals surface area contributed by atoms with Gasteiger partial charge in [0.1, 0.15) is 0 Å². The first-order valence-corrected chi connectivity index (χ1v) is 3.97. The molecule has 3 heteroatoms. The zero-order valence-corrected chi connectivity index (χ0v) is 6.90. The molecule has 0 bridgehead atoms. The maximum absolute atomic E-state index is 12.7. The van der Waals surface area contributed by atoms with Crippen molar-refractivity contribution < 1.29 is 13.9 Å². The summed E-state index contributed by atoms with van der Waals surface area (Å²) in [5.41, 5.74) is -1.15. The minimum atomic E-state index is -2.65. The summed E-state index contributed by atoms with van der Waals surface area (Å²) >= 11 is 0. The third-order valence-electron chi connectivity index (χ3n) is 2.53. The molecule has 0 aromatic heterocycles. The van der Waals surface area contributed by atoms with Gasteiger partial charge in [0.05, 0.1) is 5.60 Å². The molecule has 1 N–H and O–H groups in total. The van der Waals surface area contributed by atoms with Crippen molar-refractivity contribution >= 4 is 0 Å². The molecular formula is C8H14F2O. The largest absolute Gasteiger partial charge is 0.390 e. The molecule has 0 spiro atoms. The van der Waals surface area contributed by atoms with Crippen LogP contribution in [0.1, 0.15) is 33.1 Å². The van der Waals surface area contributed by atoms with Gasteiger partial charge in [0.25, 0.3) is 5.92 Å². The van der Waals surface area contributed by atoms with Crippen LogP contribution in [0.4, 0.5) is 8.78 Å². The van der Waals surface area contributed by atoms with E-state index in [1.165, 1.54) is 6.92 Å². The third-order valence-corrected chi connectivity index (χ3v) is 2.53. The van der Waals surface area contributed by atoms with Crippen LogP contribution in [0, 0.1) is 5.92 Å². The van der Waals surface area contributed by atoms with E-state index < -0.39 is 11.5 Å². The van der Waals surface area contributed by atoms with Crippen LogP contribution in [0.25, 0.3) is 0 Å². The van der Waals surface area contributed by atoms with E-state index in [9.17, 15) is 13.9 Å². The highest BCUT2D eigenvalue weighted by atomic mass is 19.3. The van der Waals surface area contributed by atoms with Gasteiger partial charge in [-0.25, -0.2) is 8.78 Å². The summed E-state index contributed by atoms with van der Waals surface area (Å²) in [7, 11) is 0. The van der Waals surface area contributed by atoms with Gasteiger partial charge in [0.15, 0.2) is 0 Å². The lowest BCUT2D eigenvalue weighted by molar-refractivity contribution is -0.0297. The fraction of sp³-hybridized carbons (Fsp3) is 1.00. The molecule has 0 aromatic rings. The Kier molecular flexibility index (Phi) is 1.95. The van der Waals surface area contributed by atoms with Crippen LogP contribution in [0.2, 0.25) is 0 Å². The molecule has 66 valence electrons. The van der Waals surface area contributed by atoms with E-state index in [4.69, 9.17) is 0 Å². The minimum absolute atomic E-state index is 0.156. The number of hydrogen-bond donors (Lipinski definition) is 1. The summed E-state index contributed by atoms with van der Waals surface area (Å²) in [5.74, 6) is -2.89. The van der Waals surface area contributed by atoms with Gasteiger partial charge in [-0.3, -0.25) is 0 Å². The molecule has 1 nitrogen and oxygen atoms in total. The van der Waals surface area contributed by atoms with Crippen molar-refractivity contribution in [1.82, 2.24) is 0 Å². The molecule has 0 saturated heterocycles. The summed E-state index contributed by atoms with van der Waals surface area (Å²) < 4.78 is 25.4. The molecule has 1 rings (SSSR count). The van der Waals surface area contributed by atoms with Gasteiger partial charge in [-0.1, -0.05) is 13.3 Å². The van der Waals surface area contributed by atoms with E-state index in [1.54, 1.807) is 0 Å². The van der Waals surface area contributed by atoms with Crippen LogP contribution in [0.3, 0.4) is 0 Å². The van der Waals surface area contributed by atoms with Gasteiger partial charge in [-0.15, -0.1) is 0 Å². The van der Waals surface area contributed by atoms with Crippen LogP contribution in [-0.4, -0.2) is 16.6 Å². The van der Waals surface area contributed by atoms with Crippen molar-refractivity contribution in [2.45, 2.75) is 44.6 Å². The zero-order chi connectivity index (χ0) is 8.70. The first-order valence-electron chi connectivity index (χ1n) is 3.97. The Labute approximate surface area is 65.4 Å². The summed E-state index contributed by atoms with van der Waals surface area (Å²) in [5, 5.41) is 9.51. The van der Waals surface area contributed by atoms with Gasteiger partial charge in [-0.2, -0.15) is 0 Å². The number of aliphatic hydroxyl groups is 1. The number of hydrogen-bond acceptors (Lipinski definition) is 1. The van der Waals surface area contributed by atoms with Crippen molar-refractivity contribution in [2.24, 2.45) is 5.92 Å². The van der Waals surface area contributed by atoms with E-state index in [0.29, 0.717) is 6.42 Å². The first-order chi connectivity index (χ1) is 4.87. The van der Waals surface area contributed by atoms with Gasteiger partial charge >= 0.3 is 0 Å². The second-order valence-corrected chi connectivity index (χ2v) is 3.70. The fourth-order valence-electron chi connectivity index (χ4n) is 1.90. The second-order valence-electron chi connectivity index (χ2n) is 3.70. The van der Waals surface area contributed by atoms with Crippen molar-refractivity contribution in [2.75, 3.05) is 0 Å². The van der Waals surface area contributed by atoms with Crippen LogP contribution >= 0.6 is 0 Å². The molecule has 1 aliphatic carbocycles. The molecule has 0 amide bonds. The Hall–Kier alpha value is -0.180. The van der Waals surface area contributed by atoms with Crippen LogP contribution in [-0.2, 0) is 0 Å². The van der Waals surface area contributed by atoms with Crippen LogP contribution in [0.5, 0.6) is 0 Å². The summed E-state index contributed by atoms with van der Waals surface area (Å²) in [6, 6.07) is 0. The van der Waals surface area contributed by atoms with Crippen molar-refractivity contribution in [3.8, 4) is 0 Å². The van der Waals surface area contributed by atoms with E-state index in [2.05, 4.69) is 0 Å². The molecular weight excluding hydrogens is 150 g/mol. The van der Waals surface area contributed by atoms with E-state index in [1.807, 2.05) is 6.92 Å². The molecule has 0 aliphatic heterocycles. The Morgan fingerprint density at radius 1 is 1.55 bits per heavy atom. The van der Waals surface area contributed by atoms with E-state index in [0.717, 1.165) is 0 Å². The van der Waals surface area contributed by atoms with Crippen molar-refractivity contribution in [3.63, 3.8) is 0 Å². The molecule has 1 saturated carbocycles. The standard InChI is InChI=1S/C8H14F2O/c1-3-6-4-8(9,10)5-7(6,2)11/h6,11H,3-5H2,1-2H3. The third kappa shape index (κ3) is 1.70. The van der Waals surface area contributed by atoms with Gasteiger partial charge in [0.2, 0.25) is 0 Å². The Bertz CT molecular complexity index is 154. The zero-order valence-electron chi connectivity index (χ0n) is 6.90. The molecule has 1 aliphatic rings. The number of halogens is 2. The second kappa shape index (κ2) is 2.41. The maximum Gasteiger partial charge on any atom is 0.251 e. The average Bonchev–Trinajstić information content (AvgIpc) is 1.99. The van der Waals surface area contributed by atoms with Gasteiger partial charge in [-0.05, 0) is 12.8 Å². The SMILES string of the molecule is CCC1CC(F)(F)CC1(C)O. The molecule has 1 fully saturated rings. The quantitative estimate of drug-likeness (QED) is 0.629. The highest BCUT2D eigenvalue weighted by molar-refractivity contribution is 4.96. The lowest BCUT2D eigenvalue weighted by atomic mass is 9.91. The summed E-state index contributed by atoms with van der Waals surface area (Å²) in [6.45, 7) is 3.34. The first kappa shape index (κ1) is 8.91. The molecule has 11 heavy (non-hydrogen) atoms. The summed E-state index contributed by atoms with van der Waals surface area (Å²) in [6.07, 6.45) is 0.0948.